The predicted molar refractivity (Wildman–Crippen MR) is 79.2 cm³/mol. The number of carbonyl (C=O) groups is 2. The number of carbonyl (C=O) groups excluding carboxylic acids is 2. The van der Waals surface area contributed by atoms with Crippen molar-refractivity contribution in [2.24, 2.45) is 0 Å². The third kappa shape index (κ3) is 3.09. The first-order chi connectivity index (χ1) is 10.7. The van der Waals surface area contributed by atoms with Gasteiger partial charge < -0.3 is 15.0 Å². The summed E-state index contributed by atoms with van der Waals surface area (Å²) < 4.78 is 4.97. The van der Waals surface area contributed by atoms with E-state index in [0.29, 0.717) is 11.4 Å². The van der Waals surface area contributed by atoms with Crippen LogP contribution in [0.2, 0.25) is 0 Å². The van der Waals surface area contributed by atoms with E-state index in [-0.39, 0.29) is 6.61 Å². The van der Waals surface area contributed by atoms with Crippen LogP contribution in [-0.4, -0.2) is 33.4 Å². The smallest absolute Gasteiger partial charge is 0.338 e. The maximum atomic E-state index is 11.9. The predicted octanol–water partition coefficient (Wildman–Crippen LogP) is 1.75. The quantitative estimate of drug-likeness (QED) is 0.715. The van der Waals surface area contributed by atoms with Gasteiger partial charge in [-0.2, -0.15) is 0 Å². The van der Waals surface area contributed by atoms with Crippen LogP contribution in [0, 0.1) is 0 Å². The van der Waals surface area contributed by atoms with Crippen LogP contribution < -0.4 is 5.32 Å². The summed E-state index contributed by atoms with van der Waals surface area (Å²) >= 11 is 0. The molecule has 110 valence electrons. The fraction of sp³-hybridized carbons (Fsp3) is 0.0667. The second-order valence-corrected chi connectivity index (χ2v) is 4.47. The van der Waals surface area contributed by atoms with Gasteiger partial charge in [-0.15, -0.1) is 0 Å². The molecule has 0 spiro atoms. The van der Waals surface area contributed by atoms with E-state index in [0.717, 1.165) is 11.0 Å². The van der Waals surface area contributed by atoms with Gasteiger partial charge in [0.15, 0.2) is 6.61 Å². The Morgan fingerprint density at radius 3 is 2.91 bits per heavy atom. The third-order valence-electron chi connectivity index (χ3n) is 2.92. The van der Waals surface area contributed by atoms with Crippen LogP contribution in [0.1, 0.15) is 10.4 Å². The van der Waals surface area contributed by atoms with Gasteiger partial charge in [-0.1, -0.05) is 6.07 Å². The molecule has 3 aromatic rings. The molecule has 7 nitrogen and oxygen atoms in total. The Labute approximate surface area is 125 Å². The summed E-state index contributed by atoms with van der Waals surface area (Å²) in [7, 11) is 0. The van der Waals surface area contributed by atoms with Gasteiger partial charge in [-0.25, -0.2) is 14.8 Å². The van der Waals surface area contributed by atoms with Crippen molar-refractivity contribution in [1.82, 2.24) is 15.0 Å². The van der Waals surface area contributed by atoms with E-state index in [1.807, 2.05) is 0 Å². The molecule has 0 atom stereocenters. The number of H-pyrrole nitrogens is 1. The van der Waals surface area contributed by atoms with Gasteiger partial charge in [-0.3, -0.25) is 4.79 Å². The summed E-state index contributed by atoms with van der Waals surface area (Å²) in [6.45, 7) is -0.379. The van der Waals surface area contributed by atoms with Crippen molar-refractivity contribution in [1.29, 1.82) is 0 Å². The maximum Gasteiger partial charge on any atom is 0.338 e. The number of nitrogens with one attached hydrogen (secondary N) is 2. The topological polar surface area (TPSA) is 97.0 Å². The number of hydrogen-bond donors (Lipinski definition) is 2. The van der Waals surface area contributed by atoms with E-state index in [9.17, 15) is 9.59 Å². The Hall–Kier alpha value is -3.22. The van der Waals surface area contributed by atoms with E-state index in [4.69, 9.17) is 4.74 Å². The maximum absolute atomic E-state index is 11.9. The fourth-order valence-corrected chi connectivity index (χ4v) is 1.89. The highest BCUT2D eigenvalue weighted by Crippen LogP contribution is 2.12. The molecule has 0 aliphatic carbocycles. The van der Waals surface area contributed by atoms with Crippen molar-refractivity contribution in [2.75, 3.05) is 11.9 Å². The Morgan fingerprint density at radius 2 is 2.09 bits per heavy atom. The average molecular weight is 296 g/mol. The Kier molecular flexibility index (Phi) is 3.78. The molecule has 2 heterocycles. The lowest BCUT2D eigenvalue weighted by Gasteiger charge is -2.06. The summed E-state index contributed by atoms with van der Waals surface area (Å²) in [5, 5.41) is 2.53. The van der Waals surface area contributed by atoms with Gasteiger partial charge in [-0.05, 0) is 30.3 Å². The minimum absolute atomic E-state index is 0.349. The number of ether oxygens (including phenoxy) is 1. The molecule has 0 saturated heterocycles. The van der Waals surface area contributed by atoms with Crippen molar-refractivity contribution in [3.8, 4) is 0 Å². The summed E-state index contributed by atoms with van der Waals surface area (Å²) in [5.74, 6) is -0.621. The molecule has 3 rings (SSSR count). The first-order valence-corrected chi connectivity index (χ1v) is 6.53. The largest absolute Gasteiger partial charge is 0.452 e. The number of fused-ring (bicyclic) bond motifs is 1. The number of aromatic amines is 1. The number of rotatable bonds is 4. The minimum Gasteiger partial charge on any atom is -0.452 e. The Morgan fingerprint density at radius 1 is 1.18 bits per heavy atom. The Balaban J connectivity index is 1.58. The minimum atomic E-state index is -0.576. The summed E-state index contributed by atoms with van der Waals surface area (Å²) in [4.78, 5) is 34.5. The molecule has 0 bridgehead atoms. The molecular formula is C15H12N4O3. The van der Waals surface area contributed by atoms with Crippen LogP contribution in [0.3, 0.4) is 0 Å². The number of hydrogen-bond acceptors (Lipinski definition) is 5. The molecule has 0 fully saturated rings. The molecule has 0 unspecified atom stereocenters. The number of esters is 1. The molecule has 0 saturated carbocycles. The van der Waals surface area contributed by atoms with Crippen molar-refractivity contribution < 1.29 is 14.3 Å². The SMILES string of the molecule is O=C(COC(=O)c1ccc2nc[nH]c2c1)Nc1ccccn1. The van der Waals surface area contributed by atoms with E-state index in [1.54, 1.807) is 48.9 Å². The third-order valence-corrected chi connectivity index (χ3v) is 2.92. The molecule has 1 aromatic carbocycles. The first-order valence-electron chi connectivity index (χ1n) is 6.53. The highest BCUT2D eigenvalue weighted by atomic mass is 16.5. The molecule has 2 aromatic heterocycles. The van der Waals surface area contributed by atoms with Crippen LogP contribution in [0.4, 0.5) is 5.82 Å². The van der Waals surface area contributed by atoms with Crippen LogP contribution in [0.15, 0.2) is 48.9 Å². The molecule has 1 amide bonds. The molecule has 2 N–H and O–H groups in total. The average Bonchev–Trinajstić information content (AvgIpc) is 3.01. The second-order valence-electron chi connectivity index (χ2n) is 4.47. The zero-order valence-electron chi connectivity index (χ0n) is 11.4. The molecule has 0 aliphatic heterocycles. The molecule has 7 heteroatoms. The highest BCUT2D eigenvalue weighted by molar-refractivity contribution is 5.96. The molecule has 0 aliphatic rings. The van der Waals surface area contributed by atoms with Crippen LogP contribution in [-0.2, 0) is 9.53 Å². The van der Waals surface area contributed by atoms with Gasteiger partial charge in [0, 0.05) is 6.20 Å². The second kappa shape index (κ2) is 6.04. The number of amides is 1. The van der Waals surface area contributed by atoms with Crippen molar-refractivity contribution in [3.05, 3.63) is 54.5 Å². The van der Waals surface area contributed by atoms with E-state index >= 15 is 0 Å². The van der Waals surface area contributed by atoms with Gasteiger partial charge in [0.1, 0.15) is 5.82 Å². The monoisotopic (exact) mass is 296 g/mol. The molecular weight excluding hydrogens is 284 g/mol. The number of imidazole rings is 1. The van der Waals surface area contributed by atoms with Crippen LogP contribution in [0.5, 0.6) is 0 Å². The van der Waals surface area contributed by atoms with E-state index in [2.05, 4.69) is 20.3 Å². The molecule has 0 radical (unpaired) electrons. The summed E-state index contributed by atoms with van der Waals surface area (Å²) in [5.41, 5.74) is 1.83. The first kappa shape index (κ1) is 13.7. The Bertz CT molecular complexity index is 814. The normalized spacial score (nSPS) is 10.4. The van der Waals surface area contributed by atoms with Gasteiger partial charge in [0.25, 0.3) is 5.91 Å². The zero-order valence-corrected chi connectivity index (χ0v) is 11.4. The van der Waals surface area contributed by atoms with Crippen LogP contribution >= 0.6 is 0 Å². The zero-order chi connectivity index (χ0) is 15.4. The fourth-order valence-electron chi connectivity index (χ4n) is 1.89. The number of benzene rings is 1. The standard InChI is InChI=1S/C15H12N4O3/c20-14(19-13-3-1-2-6-16-13)8-22-15(21)10-4-5-11-12(7-10)18-9-17-11/h1-7,9H,8H2,(H,17,18)(H,16,19,20). The van der Waals surface area contributed by atoms with E-state index in [1.165, 1.54) is 0 Å². The summed E-state index contributed by atoms with van der Waals surface area (Å²) in [6.07, 6.45) is 3.10. The van der Waals surface area contributed by atoms with Crippen molar-refractivity contribution >= 4 is 28.7 Å². The van der Waals surface area contributed by atoms with Gasteiger partial charge >= 0.3 is 5.97 Å². The number of anilines is 1. The van der Waals surface area contributed by atoms with Crippen LogP contribution in [0.25, 0.3) is 11.0 Å². The van der Waals surface area contributed by atoms with E-state index < -0.39 is 11.9 Å². The van der Waals surface area contributed by atoms with Gasteiger partial charge in [0.05, 0.1) is 22.9 Å². The van der Waals surface area contributed by atoms with Gasteiger partial charge in [0.2, 0.25) is 0 Å². The number of pyridine rings is 1. The van der Waals surface area contributed by atoms with Crippen molar-refractivity contribution in [2.45, 2.75) is 0 Å². The lowest BCUT2D eigenvalue weighted by Crippen LogP contribution is -2.21. The summed E-state index contributed by atoms with van der Waals surface area (Å²) in [6, 6.07) is 10.1. The number of nitrogens with zero attached hydrogens (tertiary/aromatic N) is 2. The molecule has 22 heavy (non-hydrogen) atoms. The lowest BCUT2D eigenvalue weighted by atomic mass is 10.2. The van der Waals surface area contributed by atoms with Crippen molar-refractivity contribution in [3.63, 3.8) is 0 Å². The number of aromatic nitrogens is 3. The lowest BCUT2D eigenvalue weighted by molar-refractivity contribution is -0.119. The highest BCUT2D eigenvalue weighted by Gasteiger charge is 2.11.